The maximum atomic E-state index is 12.1. The van der Waals surface area contributed by atoms with Crippen molar-refractivity contribution >= 4 is 6.16 Å². The maximum absolute atomic E-state index is 12.1. The van der Waals surface area contributed by atoms with Crippen molar-refractivity contribution in [2.45, 2.75) is 146 Å². The van der Waals surface area contributed by atoms with E-state index in [1.807, 2.05) is 0 Å². The van der Waals surface area contributed by atoms with Gasteiger partial charge in [0.15, 0.2) is 6.10 Å². The molecule has 10 heteroatoms. The molecule has 1 fully saturated rings. The van der Waals surface area contributed by atoms with Crippen LogP contribution in [0.3, 0.4) is 0 Å². The van der Waals surface area contributed by atoms with Gasteiger partial charge in [-0.05, 0) is 6.42 Å². The van der Waals surface area contributed by atoms with Crippen molar-refractivity contribution in [2.75, 3.05) is 33.5 Å². The number of hydrogen-bond acceptors (Lipinski definition) is 10. The summed E-state index contributed by atoms with van der Waals surface area (Å²) >= 11 is 0. The lowest BCUT2D eigenvalue weighted by molar-refractivity contribution is -0.214. The number of carbonyl (C=O) groups excluding carboxylic acids is 1. The SMILES string of the molecule is CCCCCCCCCCCCCCCCCCOC[C@H](COC(=O)O[C@@H]1[C@H](O)[C@H](CO)[C@@H](O)[C@H](O)[C@@H]1O)OC. The molecule has 0 unspecified atom stereocenters. The van der Waals surface area contributed by atoms with Gasteiger partial charge in [0, 0.05) is 19.6 Å². The molecule has 1 aliphatic carbocycles. The van der Waals surface area contributed by atoms with Crippen molar-refractivity contribution in [1.82, 2.24) is 0 Å². The third kappa shape index (κ3) is 15.3. The quantitative estimate of drug-likeness (QED) is 0.0842. The normalized spacial score (nSPS) is 25.6. The van der Waals surface area contributed by atoms with Gasteiger partial charge in [0.05, 0.1) is 19.3 Å². The third-order valence-corrected chi connectivity index (χ3v) is 7.86. The number of methoxy groups -OCH3 is 1. The van der Waals surface area contributed by atoms with E-state index < -0.39 is 55.3 Å². The molecular formula is C30H58O10. The van der Waals surface area contributed by atoms with Crippen molar-refractivity contribution < 1.29 is 49.3 Å². The van der Waals surface area contributed by atoms with Crippen LogP contribution < -0.4 is 0 Å². The van der Waals surface area contributed by atoms with Crippen molar-refractivity contribution in [2.24, 2.45) is 5.92 Å². The molecule has 1 aliphatic rings. The van der Waals surface area contributed by atoms with Crippen molar-refractivity contribution in [3.8, 4) is 0 Å². The van der Waals surface area contributed by atoms with Crippen LogP contribution in [0.15, 0.2) is 0 Å². The molecule has 238 valence electrons. The molecule has 0 aromatic carbocycles. The third-order valence-electron chi connectivity index (χ3n) is 7.86. The first-order valence-corrected chi connectivity index (χ1v) is 15.6. The van der Waals surface area contributed by atoms with Crippen molar-refractivity contribution in [3.05, 3.63) is 0 Å². The lowest BCUT2D eigenvalue weighted by atomic mass is 9.79. The van der Waals surface area contributed by atoms with Gasteiger partial charge in [0.2, 0.25) is 0 Å². The summed E-state index contributed by atoms with van der Waals surface area (Å²) in [4.78, 5) is 12.1. The molecule has 0 aromatic heterocycles. The first kappa shape index (κ1) is 37.0. The Bertz CT molecular complexity index is 607. The number of rotatable bonds is 24. The van der Waals surface area contributed by atoms with Crippen LogP contribution in [0.4, 0.5) is 4.79 Å². The second-order valence-corrected chi connectivity index (χ2v) is 11.2. The summed E-state index contributed by atoms with van der Waals surface area (Å²) in [5, 5.41) is 49.3. The molecular weight excluding hydrogens is 520 g/mol. The van der Waals surface area contributed by atoms with E-state index >= 15 is 0 Å². The molecule has 40 heavy (non-hydrogen) atoms. The van der Waals surface area contributed by atoms with E-state index in [2.05, 4.69) is 6.92 Å². The summed E-state index contributed by atoms with van der Waals surface area (Å²) in [6.45, 7) is 2.25. The number of carbonyl (C=O) groups is 1. The number of aliphatic hydroxyl groups excluding tert-OH is 5. The second kappa shape index (κ2) is 23.5. The molecule has 1 rings (SSSR count). The lowest BCUT2D eigenvalue weighted by Crippen LogP contribution is -2.63. The molecule has 0 bridgehead atoms. The number of ether oxygens (including phenoxy) is 4. The highest BCUT2D eigenvalue weighted by Crippen LogP contribution is 2.28. The highest BCUT2D eigenvalue weighted by atomic mass is 16.7. The zero-order valence-electron chi connectivity index (χ0n) is 25.0. The van der Waals surface area contributed by atoms with Gasteiger partial charge in [0.1, 0.15) is 31.0 Å². The Morgan fingerprint density at radius 3 is 1.65 bits per heavy atom. The van der Waals surface area contributed by atoms with Gasteiger partial charge in [-0.15, -0.1) is 0 Å². The Labute approximate surface area is 241 Å². The Kier molecular flexibility index (Phi) is 21.8. The fourth-order valence-electron chi connectivity index (χ4n) is 5.11. The molecule has 0 aromatic rings. The molecule has 0 heterocycles. The van der Waals surface area contributed by atoms with Gasteiger partial charge in [-0.3, -0.25) is 0 Å². The molecule has 0 radical (unpaired) electrons. The van der Waals surface area contributed by atoms with Crippen LogP contribution in [0.25, 0.3) is 0 Å². The van der Waals surface area contributed by atoms with Gasteiger partial charge in [-0.2, -0.15) is 0 Å². The van der Waals surface area contributed by atoms with Crippen LogP contribution in [0.1, 0.15) is 110 Å². The summed E-state index contributed by atoms with van der Waals surface area (Å²) in [6, 6.07) is 0. The topological polar surface area (TPSA) is 155 Å². The summed E-state index contributed by atoms with van der Waals surface area (Å²) in [5.41, 5.74) is 0. The summed E-state index contributed by atoms with van der Waals surface area (Å²) in [5.74, 6) is -1.18. The van der Waals surface area contributed by atoms with Crippen LogP contribution in [0.2, 0.25) is 0 Å². The summed E-state index contributed by atoms with van der Waals surface area (Å²) < 4.78 is 20.9. The van der Waals surface area contributed by atoms with E-state index in [-0.39, 0.29) is 13.2 Å². The first-order chi connectivity index (χ1) is 19.4. The van der Waals surface area contributed by atoms with Crippen LogP contribution in [0.5, 0.6) is 0 Å². The molecule has 0 spiro atoms. The van der Waals surface area contributed by atoms with Crippen LogP contribution >= 0.6 is 0 Å². The number of aliphatic hydroxyl groups is 5. The predicted molar refractivity (Wildman–Crippen MR) is 152 cm³/mol. The minimum atomic E-state index is -1.73. The van der Waals surface area contributed by atoms with Crippen LogP contribution in [-0.4, -0.2) is 102 Å². The van der Waals surface area contributed by atoms with Crippen LogP contribution in [-0.2, 0) is 18.9 Å². The molecule has 0 amide bonds. The zero-order chi connectivity index (χ0) is 29.6. The maximum Gasteiger partial charge on any atom is 0.508 e. The molecule has 0 aliphatic heterocycles. The van der Waals surface area contributed by atoms with E-state index in [9.17, 15) is 30.3 Å². The van der Waals surface area contributed by atoms with E-state index in [1.165, 1.54) is 97.0 Å². The fourth-order valence-corrected chi connectivity index (χ4v) is 5.11. The number of hydrogen-bond donors (Lipinski definition) is 5. The van der Waals surface area contributed by atoms with E-state index in [1.54, 1.807) is 0 Å². The number of unbranched alkanes of at least 4 members (excludes halogenated alkanes) is 15. The first-order valence-electron chi connectivity index (χ1n) is 15.6. The van der Waals surface area contributed by atoms with Gasteiger partial charge in [0.25, 0.3) is 0 Å². The van der Waals surface area contributed by atoms with Gasteiger partial charge >= 0.3 is 6.16 Å². The molecule has 7 atom stereocenters. The average molecular weight is 579 g/mol. The Morgan fingerprint density at radius 1 is 0.675 bits per heavy atom. The van der Waals surface area contributed by atoms with Gasteiger partial charge in [-0.25, -0.2) is 4.79 Å². The zero-order valence-corrected chi connectivity index (χ0v) is 25.0. The molecule has 0 saturated heterocycles. The summed E-state index contributed by atoms with van der Waals surface area (Å²) in [7, 11) is 1.47. The van der Waals surface area contributed by atoms with Gasteiger partial charge in [-0.1, -0.05) is 103 Å². The largest absolute Gasteiger partial charge is 0.508 e. The molecule has 10 nitrogen and oxygen atoms in total. The van der Waals surface area contributed by atoms with Crippen molar-refractivity contribution in [3.63, 3.8) is 0 Å². The van der Waals surface area contributed by atoms with Crippen molar-refractivity contribution in [1.29, 1.82) is 0 Å². The minimum absolute atomic E-state index is 0.165. The lowest BCUT2D eigenvalue weighted by Gasteiger charge is -2.42. The fraction of sp³-hybridized carbons (Fsp3) is 0.967. The van der Waals surface area contributed by atoms with E-state index in [0.29, 0.717) is 6.61 Å². The van der Waals surface area contributed by atoms with Gasteiger partial charge < -0.3 is 44.5 Å². The smallest absolute Gasteiger partial charge is 0.431 e. The Hall–Kier alpha value is -1.01. The molecule has 5 N–H and O–H groups in total. The second-order valence-electron chi connectivity index (χ2n) is 11.2. The standard InChI is InChI=1S/C30H58O10/c1-3-4-5-6-7-8-9-10-11-12-13-14-15-16-17-18-19-38-21-23(37-2)22-39-30(36)40-29-26(33)24(20-31)25(32)27(34)28(29)35/h23-29,31-35H,3-22H2,1-2H3/t23-,24-,25-,26-,27+,28+,29-/m1/s1. The monoisotopic (exact) mass is 578 g/mol. The average Bonchev–Trinajstić information content (AvgIpc) is 2.95. The Balaban J connectivity index is 2.01. The van der Waals surface area contributed by atoms with E-state index in [4.69, 9.17) is 18.9 Å². The summed E-state index contributed by atoms with van der Waals surface area (Å²) in [6.07, 6.45) is 11.1. The predicted octanol–water partition coefficient (Wildman–Crippen LogP) is 3.87. The minimum Gasteiger partial charge on any atom is -0.431 e. The highest BCUT2D eigenvalue weighted by molar-refractivity contribution is 5.60. The Morgan fingerprint density at radius 2 is 1.18 bits per heavy atom. The molecule has 1 saturated carbocycles. The van der Waals surface area contributed by atoms with E-state index in [0.717, 1.165) is 12.8 Å². The van der Waals surface area contributed by atoms with Crippen LogP contribution in [0, 0.1) is 5.92 Å². The highest BCUT2D eigenvalue weighted by Gasteiger charge is 2.50.